The van der Waals surface area contributed by atoms with E-state index in [4.69, 9.17) is 4.74 Å². The number of benzene rings is 3. The van der Waals surface area contributed by atoms with Crippen molar-refractivity contribution in [1.82, 2.24) is 19.9 Å². The first-order valence-corrected chi connectivity index (χ1v) is 8.28. The SMILES string of the molecule is [CH2]Oc1ccc(-c2nc3ccccc3[nH]2)cc1-c1nc2ccccc2[nH]1. The first-order chi connectivity index (χ1) is 12.8. The van der Waals surface area contributed by atoms with E-state index < -0.39 is 0 Å². The highest BCUT2D eigenvalue weighted by molar-refractivity contribution is 5.83. The largest absolute Gasteiger partial charge is 0.489 e. The number of ether oxygens (including phenoxy) is 1. The average molecular weight is 339 g/mol. The Bertz CT molecular complexity index is 1170. The zero-order valence-corrected chi connectivity index (χ0v) is 13.9. The van der Waals surface area contributed by atoms with Gasteiger partial charge in [-0.1, -0.05) is 24.3 Å². The van der Waals surface area contributed by atoms with Gasteiger partial charge in [0.1, 0.15) is 24.5 Å². The number of H-pyrrole nitrogens is 2. The maximum Gasteiger partial charge on any atom is 0.142 e. The Balaban J connectivity index is 1.68. The van der Waals surface area contributed by atoms with Gasteiger partial charge in [0.15, 0.2) is 0 Å². The molecule has 26 heavy (non-hydrogen) atoms. The molecule has 2 aromatic heterocycles. The molecule has 1 radical (unpaired) electrons. The van der Waals surface area contributed by atoms with Gasteiger partial charge in [0, 0.05) is 5.56 Å². The van der Waals surface area contributed by atoms with E-state index in [1.54, 1.807) is 0 Å². The number of para-hydroxylation sites is 4. The lowest BCUT2D eigenvalue weighted by molar-refractivity contribution is 0.474. The third-order valence-corrected chi connectivity index (χ3v) is 4.44. The van der Waals surface area contributed by atoms with E-state index in [2.05, 4.69) is 27.0 Å². The van der Waals surface area contributed by atoms with Crippen LogP contribution in [-0.2, 0) is 0 Å². The molecule has 0 atom stereocenters. The molecule has 5 nitrogen and oxygen atoms in total. The van der Waals surface area contributed by atoms with E-state index in [0.29, 0.717) is 5.75 Å². The van der Waals surface area contributed by atoms with E-state index in [1.165, 1.54) is 0 Å². The van der Waals surface area contributed by atoms with Crippen molar-refractivity contribution >= 4 is 22.1 Å². The predicted molar refractivity (Wildman–Crippen MR) is 103 cm³/mol. The lowest BCUT2D eigenvalue weighted by atomic mass is 10.1. The maximum atomic E-state index is 5.30. The van der Waals surface area contributed by atoms with Crippen LogP contribution in [0.4, 0.5) is 0 Å². The molecule has 0 amide bonds. The van der Waals surface area contributed by atoms with E-state index in [0.717, 1.165) is 44.8 Å². The minimum absolute atomic E-state index is 0.656. The van der Waals surface area contributed by atoms with Crippen LogP contribution >= 0.6 is 0 Å². The van der Waals surface area contributed by atoms with Crippen molar-refractivity contribution in [3.05, 3.63) is 73.8 Å². The zero-order valence-electron chi connectivity index (χ0n) is 13.9. The summed E-state index contributed by atoms with van der Waals surface area (Å²) in [7, 11) is 3.57. The van der Waals surface area contributed by atoms with E-state index >= 15 is 0 Å². The normalized spacial score (nSPS) is 11.3. The Labute approximate surface area is 149 Å². The van der Waals surface area contributed by atoms with Crippen LogP contribution in [-0.4, -0.2) is 19.9 Å². The van der Waals surface area contributed by atoms with Crippen molar-refractivity contribution in [2.24, 2.45) is 0 Å². The molecule has 5 aromatic rings. The fourth-order valence-corrected chi connectivity index (χ4v) is 3.16. The number of nitrogens with zero attached hydrogens (tertiary/aromatic N) is 2. The first kappa shape index (κ1) is 14.7. The second-order valence-corrected chi connectivity index (χ2v) is 6.06. The number of rotatable bonds is 3. The van der Waals surface area contributed by atoms with Crippen LogP contribution in [0.2, 0.25) is 0 Å². The number of fused-ring (bicyclic) bond motifs is 2. The van der Waals surface area contributed by atoms with Gasteiger partial charge in [-0.3, -0.25) is 0 Å². The van der Waals surface area contributed by atoms with Gasteiger partial charge >= 0.3 is 0 Å². The number of hydrogen-bond acceptors (Lipinski definition) is 3. The minimum atomic E-state index is 0.656. The van der Waals surface area contributed by atoms with Gasteiger partial charge in [-0.05, 0) is 42.5 Å². The molecule has 2 N–H and O–H groups in total. The van der Waals surface area contributed by atoms with E-state index in [-0.39, 0.29) is 0 Å². The van der Waals surface area contributed by atoms with Crippen LogP contribution in [0.25, 0.3) is 44.8 Å². The van der Waals surface area contributed by atoms with Gasteiger partial charge < -0.3 is 14.7 Å². The Morgan fingerprint density at radius 3 is 2.00 bits per heavy atom. The van der Waals surface area contributed by atoms with Crippen molar-refractivity contribution in [2.75, 3.05) is 0 Å². The maximum absolute atomic E-state index is 5.30. The van der Waals surface area contributed by atoms with Crippen LogP contribution in [0.1, 0.15) is 0 Å². The van der Waals surface area contributed by atoms with Crippen molar-refractivity contribution in [3.8, 4) is 28.5 Å². The Morgan fingerprint density at radius 2 is 1.35 bits per heavy atom. The summed E-state index contributed by atoms with van der Waals surface area (Å²) in [6.07, 6.45) is 0. The second-order valence-electron chi connectivity index (χ2n) is 6.06. The number of imidazole rings is 2. The number of nitrogens with one attached hydrogen (secondary N) is 2. The van der Waals surface area contributed by atoms with Gasteiger partial charge in [0.2, 0.25) is 0 Å². The van der Waals surface area contributed by atoms with E-state index in [1.807, 2.05) is 66.7 Å². The summed E-state index contributed by atoms with van der Waals surface area (Å²) in [6, 6.07) is 21.8. The summed E-state index contributed by atoms with van der Waals surface area (Å²) in [6.45, 7) is 0. The van der Waals surface area contributed by atoms with Gasteiger partial charge in [-0.15, -0.1) is 0 Å². The highest BCUT2D eigenvalue weighted by Crippen LogP contribution is 2.33. The predicted octanol–water partition coefficient (Wildman–Crippen LogP) is 4.94. The molecule has 0 saturated carbocycles. The van der Waals surface area contributed by atoms with Crippen LogP contribution in [0.3, 0.4) is 0 Å². The summed E-state index contributed by atoms with van der Waals surface area (Å²) < 4.78 is 5.30. The Morgan fingerprint density at radius 1 is 0.731 bits per heavy atom. The summed E-state index contributed by atoms with van der Waals surface area (Å²) in [5.41, 5.74) is 5.63. The van der Waals surface area contributed by atoms with Crippen molar-refractivity contribution in [1.29, 1.82) is 0 Å². The van der Waals surface area contributed by atoms with Crippen LogP contribution in [0.5, 0.6) is 5.75 Å². The van der Waals surface area contributed by atoms with Crippen LogP contribution < -0.4 is 4.74 Å². The minimum Gasteiger partial charge on any atom is -0.489 e. The summed E-state index contributed by atoms with van der Waals surface area (Å²) in [4.78, 5) is 16.0. The molecule has 5 rings (SSSR count). The molecule has 5 heteroatoms. The molecule has 0 aliphatic carbocycles. The molecule has 2 heterocycles. The van der Waals surface area contributed by atoms with Gasteiger partial charge in [-0.25, -0.2) is 9.97 Å². The molecule has 0 bridgehead atoms. The van der Waals surface area contributed by atoms with Crippen molar-refractivity contribution in [3.63, 3.8) is 0 Å². The number of aromatic nitrogens is 4. The molecule has 0 spiro atoms. The third-order valence-electron chi connectivity index (χ3n) is 4.44. The quantitative estimate of drug-likeness (QED) is 0.489. The molecule has 0 fully saturated rings. The highest BCUT2D eigenvalue weighted by atomic mass is 16.5. The van der Waals surface area contributed by atoms with Crippen molar-refractivity contribution < 1.29 is 4.74 Å². The Kier molecular flexibility index (Phi) is 3.25. The summed E-state index contributed by atoms with van der Waals surface area (Å²) in [5, 5.41) is 0. The molecule has 0 aliphatic rings. The highest BCUT2D eigenvalue weighted by Gasteiger charge is 2.14. The fourth-order valence-electron chi connectivity index (χ4n) is 3.16. The van der Waals surface area contributed by atoms with Gasteiger partial charge in [0.05, 0.1) is 27.6 Å². The third kappa shape index (κ3) is 2.33. The average Bonchev–Trinajstić information content (AvgIpc) is 3.31. The number of hydrogen-bond donors (Lipinski definition) is 2. The number of aromatic amines is 2. The second kappa shape index (κ2) is 5.74. The smallest absolute Gasteiger partial charge is 0.142 e. The molecule has 0 unspecified atom stereocenters. The fraction of sp³-hybridized carbons (Fsp3) is 0. The molecule has 125 valence electrons. The lowest BCUT2D eigenvalue weighted by Gasteiger charge is -2.07. The first-order valence-electron chi connectivity index (χ1n) is 8.28. The van der Waals surface area contributed by atoms with Crippen LogP contribution in [0.15, 0.2) is 66.7 Å². The summed E-state index contributed by atoms with van der Waals surface area (Å²) >= 11 is 0. The van der Waals surface area contributed by atoms with Crippen LogP contribution in [0, 0.1) is 7.11 Å². The zero-order chi connectivity index (χ0) is 17.5. The topological polar surface area (TPSA) is 66.6 Å². The van der Waals surface area contributed by atoms with Gasteiger partial charge in [0.25, 0.3) is 0 Å². The molecule has 0 saturated heterocycles. The monoisotopic (exact) mass is 339 g/mol. The van der Waals surface area contributed by atoms with Gasteiger partial charge in [-0.2, -0.15) is 0 Å². The van der Waals surface area contributed by atoms with E-state index in [9.17, 15) is 0 Å². The molecular weight excluding hydrogens is 324 g/mol. The van der Waals surface area contributed by atoms with Crippen molar-refractivity contribution in [2.45, 2.75) is 0 Å². The molecule has 3 aromatic carbocycles. The molecular formula is C21H15N4O. The Hall–Kier alpha value is -3.60. The summed E-state index contributed by atoms with van der Waals surface area (Å²) in [5.74, 6) is 2.20. The standard InChI is InChI=1S/C21H15N4O/c1-26-19-11-10-13(20-22-15-6-2-3-7-16(15)23-20)12-14(19)21-24-17-8-4-5-9-18(17)25-21/h2-12H,1H2,(H,22,23)(H,24,25). The lowest BCUT2D eigenvalue weighted by Crippen LogP contribution is -1.90. The molecule has 0 aliphatic heterocycles.